The Morgan fingerprint density at radius 1 is 1.36 bits per heavy atom. The summed E-state index contributed by atoms with van der Waals surface area (Å²) in [5.41, 5.74) is 8.86. The van der Waals surface area contributed by atoms with E-state index in [0.29, 0.717) is 0 Å². The molecule has 0 saturated carbocycles. The van der Waals surface area contributed by atoms with E-state index >= 15 is 0 Å². The molecule has 0 aliphatic heterocycles. The molecule has 1 aromatic carbocycles. The largest absolute Gasteiger partial charge is 0.399 e. The van der Waals surface area contributed by atoms with Crippen LogP contribution in [0.25, 0.3) is 10.9 Å². The average molecular weight is 189 g/mol. The molecule has 0 aliphatic carbocycles. The maximum atomic E-state index is 5.70. The number of nitrogens with one attached hydrogen (secondary N) is 2. The molecule has 3 heteroatoms. The Labute approximate surface area is 83.3 Å². The fourth-order valence-corrected chi connectivity index (χ4v) is 1.57. The van der Waals surface area contributed by atoms with Crippen LogP contribution in [-0.2, 0) is 6.54 Å². The maximum Gasteiger partial charge on any atom is 0.0457 e. The van der Waals surface area contributed by atoms with Crippen LogP contribution in [0.3, 0.4) is 0 Å². The Morgan fingerprint density at radius 2 is 2.21 bits per heavy atom. The zero-order chi connectivity index (χ0) is 9.97. The predicted octanol–water partition coefficient (Wildman–Crippen LogP) is 1.86. The molecule has 0 bridgehead atoms. The van der Waals surface area contributed by atoms with Crippen molar-refractivity contribution >= 4 is 16.6 Å². The number of nitrogen functional groups attached to an aromatic ring is 1. The second-order valence-corrected chi connectivity index (χ2v) is 3.42. The van der Waals surface area contributed by atoms with Crippen molar-refractivity contribution in [1.82, 2.24) is 10.3 Å². The summed E-state index contributed by atoms with van der Waals surface area (Å²) in [7, 11) is 0. The summed E-state index contributed by atoms with van der Waals surface area (Å²) in [6, 6.07) is 8.05. The third kappa shape index (κ3) is 1.72. The Kier molecular flexibility index (Phi) is 2.41. The molecular formula is C11H15N3. The Bertz CT molecular complexity index is 431. The molecule has 0 saturated heterocycles. The molecule has 0 spiro atoms. The van der Waals surface area contributed by atoms with Gasteiger partial charge in [-0.1, -0.05) is 6.92 Å². The third-order valence-electron chi connectivity index (χ3n) is 2.27. The van der Waals surface area contributed by atoms with Gasteiger partial charge in [0.1, 0.15) is 0 Å². The first-order valence-corrected chi connectivity index (χ1v) is 4.87. The van der Waals surface area contributed by atoms with Gasteiger partial charge in [0.2, 0.25) is 0 Å². The van der Waals surface area contributed by atoms with Gasteiger partial charge in [0.15, 0.2) is 0 Å². The van der Waals surface area contributed by atoms with Crippen LogP contribution in [0.4, 0.5) is 5.69 Å². The zero-order valence-corrected chi connectivity index (χ0v) is 8.30. The SMILES string of the molecule is CCNCc1cc2cc(N)ccc2[nH]1. The molecule has 14 heavy (non-hydrogen) atoms. The lowest BCUT2D eigenvalue weighted by atomic mass is 10.2. The van der Waals surface area contributed by atoms with Crippen molar-refractivity contribution in [1.29, 1.82) is 0 Å². The van der Waals surface area contributed by atoms with Crippen molar-refractivity contribution in [3.63, 3.8) is 0 Å². The Balaban J connectivity index is 2.32. The summed E-state index contributed by atoms with van der Waals surface area (Å²) in [5.74, 6) is 0. The van der Waals surface area contributed by atoms with E-state index in [2.05, 4.69) is 23.3 Å². The van der Waals surface area contributed by atoms with E-state index in [1.165, 1.54) is 11.1 Å². The monoisotopic (exact) mass is 189 g/mol. The molecular weight excluding hydrogens is 174 g/mol. The van der Waals surface area contributed by atoms with Gasteiger partial charge in [0.05, 0.1) is 0 Å². The van der Waals surface area contributed by atoms with Gasteiger partial charge in [0, 0.05) is 28.8 Å². The van der Waals surface area contributed by atoms with Crippen LogP contribution in [0, 0.1) is 0 Å². The maximum absolute atomic E-state index is 5.70. The van der Waals surface area contributed by atoms with Crippen molar-refractivity contribution in [3.8, 4) is 0 Å². The van der Waals surface area contributed by atoms with Gasteiger partial charge < -0.3 is 16.0 Å². The summed E-state index contributed by atoms with van der Waals surface area (Å²) in [6.45, 7) is 3.96. The molecule has 3 nitrogen and oxygen atoms in total. The molecule has 0 radical (unpaired) electrons. The van der Waals surface area contributed by atoms with E-state index in [4.69, 9.17) is 5.73 Å². The smallest absolute Gasteiger partial charge is 0.0457 e. The van der Waals surface area contributed by atoms with Crippen LogP contribution in [0.2, 0.25) is 0 Å². The third-order valence-corrected chi connectivity index (χ3v) is 2.27. The minimum Gasteiger partial charge on any atom is -0.399 e. The van der Waals surface area contributed by atoms with Crippen LogP contribution < -0.4 is 11.1 Å². The fourth-order valence-electron chi connectivity index (χ4n) is 1.57. The van der Waals surface area contributed by atoms with Crippen LogP contribution in [-0.4, -0.2) is 11.5 Å². The van der Waals surface area contributed by atoms with Gasteiger partial charge in [-0.15, -0.1) is 0 Å². The first kappa shape index (κ1) is 9.09. The number of hydrogen-bond donors (Lipinski definition) is 3. The van der Waals surface area contributed by atoms with Crippen LogP contribution in [0.1, 0.15) is 12.6 Å². The van der Waals surface area contributed by atoms with Gasteiger partial charge >= 0.3 is 0 Å². The number of hydrogen-bond acceptors (Lipinski definition) is 2. The van der Waals surface area contributed by atoms with Gasteiger partial charge in [-0.25, -0.2) is 0 Å². The molecule has 0 unspecified atom stereocenters. The predicted molar refractivity (Wildman–Crippen MR) is 60.1 cm³/mol. The van der Waals surface area contributed by atoms with E-state index in [9.17, 15) is 0 Å². The molecule has 1 heterocycles. The first-order chi connectivity index (χ1) is 6.79. The summed E-state index contributed by atoms with van der Waals surface area (Å²) < 4.78 is 0. The molecule has 1 aromatic heterocycles. The minimum absolute atomic E-state index is 0.812. The lowest BCUT2D eigenvalue weighted by Crippen LogP contribution is -2.11. The Morgan fingerprint density at radius 3 is 3.00 bits per heavy atom. The van der Waals surface area contributed by atoms with Crippen molar-refractivity contribution in [2.45, 2.75) is 13.5 Å². The molecule has 0 fully saturated rings. The number of nitrogens with two attached hydrogens (primary N) is 1. The molecule has 74 valence electrons. The standard InChI is InChI=1S/C11H15N3/c1-2-13-7-10-6-8-5-9(12)3-4-11(8)14-10/h3-6,13-14H,2,7,12H2,1H3. The summed E-state index contributed by atoms with van der Waals surface area (Å²) in [5, 5.41) is 4.46. The van der Waals surface area contributed by atoms with Crippen molar-refractivity contribution < 1.29 is 0 Å². The topological polar surface area (TPSA) is 53.8 Å². The highest BCUT2D eigenvalue weighted by atomic mass is 14.9. The normalized spacial score (nSPS) is 10.9. The number of anilines is 1. The summed E-state index contributed by atoms with van der Waals surface area (Å²) in [4.78, 5) is 3.34. The van der Waals surface area contributed by atoms with Gasteiger partial charge in [0.25, 0.3) is 0 Å². The van der Waals surface area contributed by atoms with Gasteiger partial charge in [-0.3, -0.25) is 0 Å². The van der Waals surface area contributed by atoms with E-state index < -0.39 is 0 Å². The van der Waals surface area contributed by atoms with Crippen molar-refractivity contribution in [2.75, 3.05) is 12.3 Å². The quantitative estimate of drug-likeness (QED) is 0.645. The van der Waals surface area contributed by atoms with Gasteiger partial charge in [-0.2, -0.15) is 0 Å². The molecule has 2 rings (SSSR count). The highest BCUT2D eigenvalue weighted by Gasteiger charge is 1.99. The van der Waals surface area contributed by atoms with E-state index in [0.717, 1.165) is 24.3 Å². The van der Waals surface area contributed by atoms with E-state index in [-0.39, 0.29) is 0 Å². The number of fused-ring (bicyclic) bond motifs is 1. The van der Waals surface area contributed by atoms with Crippen molar-refractivity contribution in [3.05, 3.63) is 30.0 Å². The van der Waals surface area contributed by atoms with E-state index in [1.54, 1.807) is 0 Å². The van der Waals surface area contributed by atoms with E-state index in [1.807, 2.05) is 18.2 Å². The van der Waals surface area contributed by atoms with Gasteiger partial charge in [-0.05, 0) is 30.8 Å². The first-order valence-electron chi connectivity index (χ1n) is 4.87. The molecule has 4 N–H and O–H groups in total. The van der Waals surface area contributed by atoms with Crippen LogP contribution >= 0.6 is 0 Å². The lowest BCUT2D eigenvalue weighted by Gasteiger charge is -1.96. The van der Waals surface area contributed by atoms with Crippen LogP contribution in [0.5, 0.6) is 0 Å². The second kappa shape index (κ2) is 3.72. The average Bonchev–Trinajstić information content (AvgIpc) is 2.56. The number of benzene rings is 1. The fraction of sp³-hybridized carbons (Fsp3) is 0.273. The highest BCUT2D eigenvalue weighted by Crippen LogP contribution is 2.18. The summed E-state index contributed by atoms with van der Waals surface area (Å²) in [6.07, 6.45) is 0. The molecule has 0 aliphatic rings. The molecule has 0 amide bonds. The second-order valence-electron chi connectivity index (χ2n) is 3.42. The van der Waals surface area contributed by atoms with Crippen LogP contribution in [0.15, 0.2) is 24.3 Å². The molecule has 2 aromatic rings. The minimum atomic E-state index is 0.812. The lowest BCUT2D eigenvalue weighted by molar-refractivity contribution is 0.715. The molecule has 0 atom stereocenters. The highest BCUT2D eigenvalue weighted by molar-refractivity contribution is 5.83. The number of H-pyrrole nitrogens is 1. The number of aromatic nitrogens is 1. The zero-order valence-electron chi connectivity index (χ0n) is 8.30. The van der Waals surface area contributed by atoms with Crippen molar-refractivity contribution in [2.24, 2.45) is 0 Å². The number of rotatable bonds is 3. The summed E-state index contributed by atoms with van der Waals surface area (Å²) >= 11 is 0. The Hall–Kier alpha value is -1.48. The number of aromatic amines is 1.